The van der Waals surface area contributed by atoms with Crippen LogP contribution in [0.2, 0.25) is 5.02 Å². The van der Waals surface area contributed by atoms with Gasteiger partial charge in [0.05, 0.1) is 19.1 Å². The smallest absolute Gasteiger partial charge is 0.225 e. The van der Waals surface area contributed by atoms with Crippen molar-refractivity contribution in [3.63, 3.8) is 0 Å². The van der Waals surface area contributed by atoms with Crippen molar-refractivity contribution < 1.29 is 17.9 Å². The van der Waals surface area contributed by atoms with E-state index in [1.807, 2.05) is 18.2 Å². The van der Waals surface area contributed by atoms with E-state index in [1.165, 1.54) is 30.3 Å². The van der Waals surface area contributed by atoms with Crippen LogP contribution in [0.4, 0.5) is 5.82 Å². The van der Waals surface area contributed by atoms with Crippen LogP contribution in [-0.2, 0) is 16.3 Å². The first-order chi connectivity index (χ1) is 13.9. The largest absolute Gasteiger partial charge is 0.493 e. The van der Waals surface area contributed by atoms with Gasteiger partial charge in [0.1, 0.15) is 5.82 Å². The molecule has 0 amide bonds. The molecule has 29 heavy (non-hydrogen) atoms. The fourth-order valence-electron chi connectivity index (χ4n) is 2.66. The highest BCUT2D eigenvalue weighted by Gasteiger charge is 2.19. The molecule has 1 N–H and O–H groups in total. The molecule has 1 aromatic heterocycles. The SMILES string of the molecule is COc1ccc(CCNc2ccc(S(=O)(=O)c3ccc(Cl)cc3)nn2)cc1OC. The second kappa shape index (κ2) is 9.11. The number of halogens is 1. The van der Waals surface area contributed by atoms with Crippen LogP contribution in [0.3, 0.4) is 0 Å². The van der Waals surface area contributed by atoms with Crippen molar-refractivity contribution in [3.05, 3.63) is 65.2 Å². The third-order valence-electron chi connectivity index (χ3n) is 4.21. The zero-order chi connectivity index (χ0) is 20.9. The van der Waals surface area contributed by atoms with Gasteiger partial charge in [-0.2, -0.15) is 0 Å². The standard InChI is InChI=1S/C20H20ClN3O4S/c1-27-17-8-3-14(13-18(17)28-2)11-12-22-19-9-10-20(24-23-19)29(25,26)16-6-4-15(21)5-7-16/h3-10,13H,11-12H2,1-2H3,(H,22,23). The Balaban J connectivity index is 1.63. The molecule has 0 spiro atoms. The summed E-state index contributed by atoms with van der Waals surface area (Å²) in [6.07, 6.45) is 0.715. The average molecular weight is 434 g/mol. The van der Waals surface area contributed by atoms with Crippen molar-refractivity contribution in [2.24, 2.45) is 0 Å². The number of benzene rings is 2. The van der Waals surface area contributed by atoms with Crippen LogP contribution in [-0.4, -0.2) is 39.4 Å². The van der Waals surface area contributed by atoms with E-state index in [0.717, 1.165) is 5.56 Å². The molecule has 0 saturated heterocycles. The first-order valence-corrected chi connectivity index (χ1v) is 10.6. The fraction of sp³-hybridized carbons (Fsp3) is 0.200. The number of methoxy groups -OCH3 is 2. The van der Waals surface area contributed by atoms with Crippen LogP contribution >= 0.6 is 11.6 Å². The lowest BCUT2D eigenvalue weighted by Gasteiger charge is -2.10. The Kier molecular flexibility index (Phi) is 6.56. The van der Waals surface area contributed by atoms with Gasteiger partial charge in [-0.3, -0.25) is 0 Å². The number of aromatic nitrogens is 2. The summed E-state index contributed by atoms with van der Waals surface area (Å²) in [6.45, 7) is 0.591. The molecule has 3 rings (SSSR count). The molecule has 0 bridgehead atoms. The predicted molar refractivity (Wildman–Crippen MR) is 111 cm³/mol. The number of nitrogens with one attached hydrogen (secondary N) is 1. The van der Waals surface area contributed by atoms with E-state index in [2.05, 4.69) is 15.5 Å². The lowest BCUT2D eigenvalue weighted by molar-refractivity contribution is 0.354. The summed E-state index contributed by atoms with van der Waals surface area (Å²) >= 11 is 5.81. The molecule has 2 aromatic carbocycles. The van der Waals surface area contributed by atoms with Crippen LogP contribution in [0.5, 0.6) is 11.5 Å². The minimum absolute atomic E-state index is 0.116. The Morgan fingerprint density at radius 1 is 0.931 bits per heavy atom. The number of rotatable bonds is 8. The second-order valence-electron chi connectivity index (χ2n) is 6.08. The van der Waals surface area contributed by atoms with Gasteiger partial charge >= 0.3 is 0 Å². The summed E-state index contributed by atoms with van der Waals surface area (Å²) in [4.78, 5) is 0.116. The Labute approximate surface area is 174 Å². The summed E-state index contributed by atoms with van der Waals surface area (Å²) in [6, 6.07) is 14.6. The van der Waals surface area contributed by atoms with Gasteiger partial charge in [0, 0.05) is 11.6 Å². The van der Waals surface area contributed by atoms with Gasteiger partial charge in [-0.15, -0.1) is 10.2 Å². The molecule has 3 aromatic rings. The zero-order valence-corrected chi connectivity index (χ0v) is 17.5. The molecule has 0 aliphatic carbocycles. The number of ether oxygens (including phenoxy) is 2. The molecule has 0 atom stereocenters. The molecule has 1 heterocycles. The van der Waals surface area contributed by atoms with E-state index < -0.39 is 9.84 Å². The highest BCUT2D eigenvalue weighted by atomic mass is 35.5. The third-order valence-corrected chi connectivity index (χ3v) is 6.12. The first-order valence-electron chi connectivity index (χ1n) is 8.73. The highest BCUT2D eigenvalue weighted by molar-refractivity contribution is 7.91. The van der Waals surface area contributed by atoms with E-state index in [9.17, 15) is 8.42 Å². The maximum Gasteiger partial charge on any atom is 0.225 e. The molecule has 7 nitrogen and oxygen atoms in total. The van der Waals surface area contributed by atoms with E-state index in [1.54, 1.807) is 20.3 Å². The van der Waals surface area contributed by atoms with Crippen LogP contribution < -0.4 is 14.8 Å². The molecule has 0 aliphatic heterocycles. The molecule has 0 fully saturated rings. The zero-order valence-electron chi connectivity index (χ0n) is 15.9. The first kappa shape index (κ1) is 20.9. The van der Waals surface area contributed by atoms with Crippen molar-refractivity contribution in [1.82, 2.24) is 10.2 Å². The molecule has 0 unspecified atom stereocenters. The van der Waals surface area contributed by atoms with Crippen molar-refractivity contribution in [1.29, 1.82) is 0 Å². The minimum atomic E-state index is -3.74. The molecule has 0 radical (unpaired) electrons. The predicted octanol–water partition coefficient (Wildman–Crippen LogP) is 3.63. The van der Waals surface area contributed by atoms with Gasteiger partial charge < -0.3 is 14.8 Å². The van der Waals surface area contributed by atoms with Crippen molar-refractivity contribution in [3.8, 4) is 11.5 Å². The Bertz CT molecular complexity index is 1070. The molecule has 0 aliphatic rings. The summed E-state index contributed by atoms with van der Waals surface area (Å²) < 4.78 is 35.7. The topological polar surface area (TPSA) is 90.4 Å². The van der Waals surface area contributed by atoms with E-state index in [0.29, 0.717) is 35.3 Å². The monoisotopic (exact) mass is 433 g/mol. The molecule has 9 heteroatoms. The van der Waals surface area contributed by atoms with Gasteiger partial charge in [0.2, 0.25) is 9.84 Å². The van der Waals surface area contributed by atoms with E-state index in [-0.39, 0.29) is 9.92 Å². The van der Waals surface area contributed by atoms with E-state index >= 15 is 0 Å². The molecular weight excluding hydrogens is 414 g/mol. The number of sulfone groups is 1. The van der Waals surface area contributed by atoms with Gasteiger partial charge in [-0.05, 0) is 60.5 Å². The summed E-state index contributed by atoms with van der Waals surface area (Å²) in [5.41, 5.74) is 1.06. The summed E-state index contributed by atoms with van der Waals surface area (Å²) in [5, 5.41) is 11.3. The van der Waals surface area contributed by atoms with E-state index in [4.69, 9.17) is 21.1 Å². The second-order valence-corrected chi connectivity index (χ2v) is 8.41. The highest BCUT2D eigenvalue weighted by Crippen LogP contribution is 2.27. The summed E-state index contributed by atoms with van der Waals surface area (Å²) in [5.74, 6) is 1.83. The van der Waals surface area contributed by atoms with Crippen molar-refractivity contribution in [2.75, 3.05) is 26.1 Å². The van der Waals surface area contributed by atoms with Gasteiger partial charge in [0.15, 0.2) is 16.5 Å². The number of nitrogens with zero attached hydrogens (tertiary/aromatic N) is 2. The van der Waals surface area contributed by atoms with Gasteiger partial charge in [0.25, 0.3) is 0 Å². The molecule has 0 saturated carbocycles. The van der Waals surface area contributed by atoms with Gasteiger partial charge in [-0.1, -0.05) is 17.7 Å². The summed E-state index contributed by atoms with van der Waals surface area (Å²) in [7, 11) is -0.552. The third kappa shape index (κ3) is 4.96. The Hall–Kier alpha value is -2.84. The molecule has 152 valence electrons. The van der Waals surface area contributed by atoms with Crippen molar-refractivity contribution in [2.45, 2.75) is 16.3 Å². The lowest BCUT2D eigenvalue weighted by atomic mass is 10.1. The quantitative estimate of drug-likeness (QED) is 0.580. The lowest BCUT2D eigenvalue weighted by Crippen LogP contribution is -2.10. The van der Waals surface area contributed by atoms with Gasteiger partial charge in [-0.25, -0.2) is 8.42 Å². The minimum Gasteiger partial charge on any atom is -0.493 e. The van der Waals surface area contributed by atoms with Crippen LogP contribution in [0.1, 0.15) is 5.56 Å². The van der Waals surface area contributed by atoms with Crippen LogP contribution in [0.15, 0.2) is 64.5 Å². The average Bonchev–Trinajstić information content (AvgIpc) is 2.74. The van der Waals surface area contributed by atoms with Crippen LogP contribution in [0, 0.1) is 0 Å². The maximum absolute atomic E-state index is 12.6. The number of anilines is 1. The Morgan fingerprint density at radius 2 is 1.66 bits per heavy atom. The maximum atomic E-state index is 12.6. The van der Waals surface area contributed by atoms with Crippen molar-refractivity contribution >= 4 is 27.3 Å². The molecular formula is C20H20ClN3O4S. The number of hydrogen-bond acceptors (Lipinski definition) is 7. The normalized spacial score (nSPS) is 11.1. The van der Waals surface area contributed by atoms with Crippen LogP contribution in [0.25, 0.3) is 0 Å². The Morgan fingerprint density at radius 3 is 2.28 bits per heavy atom. The fourth-order valence-corrected chi connectivity index (χ4v) is 3.92. The number of hydrogen-bond donors (Lipinski definition) is 1.